The highest BCUT2D eigenvalue weighted by Gasteiger charge is 2.19. The maximum Gasteiger partial charge on any atom is 0.123 e. The number of imidazole rings is 2. The van der Waals surface area contributed by atoms with Crippen LogP contribution in [-0.4, -0.2) is 26.5 Å². The van der Waals surface area contributed by atoms with E-state index < -0.39 is 0 Å². The minimum atomic E-state index is -0.100. The monoisotopic (exact) mass is 398 g/mol. The Balaban J connectivity index is 1.32. The highest BCUT2D eigenvalue weighted by Crippen LogP contribution is 2.28. The fourth-order valence-corrected chi connectivity index (χ4v) is 3.98. The summed E-state index contributed by atoms with van der Waals surface area (Å²) in [5.41, 5.74) is 12.5. The number of benzene rings is 2. The molecule has 2 aromatic heterocycles. The Bertz CT molecular complexity index is 1120. The van der Waals surface area contributed by atoms with Crippen LogP contribution in [0.2, 0.25) is 0 Å². The van der Waals surface area contributed by atoms with E-state index in [0.717, 1.165) is 47.1 Å². The molecule has 5 N–H and O–H groups in total. The zero-order valence-corrected chi connectivity index (χ0v) is 17.0. The molecule has 3 heterocycles. The second-order valence-electron chi connectivity index (χ2n) is 7.96. The van der Waals surface area contributed by atoms with Crippen LogP contribution in [0.3, 0.4) is 0 Å². The Morgan fingerprint density at radius 1 is 0.833 bits per heavy atom. The fraction of sp³-hybridized carbons (Fsp3) is 0.250. The third-order valence-electron chi connectivity index (χ3n) is 5.74. The van der Waals surface area contributed by atoms with E-state index in [9.17, 15) is 0 Å². The van der Waals surface area contributed by atoms with E-state index in [2.05, 4.69) is 73.8 Å². The van der Waals surface area contributed by atoms with Gasteiger partial charge in [-0.15, -0.1) is 0 Å². The van der Waals surface area contributed by atoms with Crippen molar-refractivity contribution in [2.75, 3.05) is 6.54 Å². The molecule has 2 atom stereocenters. The van der Waals surface area contributed by atoms with Crippen molar-refractivity contribution in [3.05, 3.63) is 72.6 Å². The first kappa shape index (κ1) is 18.8. The molecule has 6 nitrogen and oxygen atoms in total. The third-order valence-corrected chi connectivity index (χ3v) is 5.74. The number of H-pyrrole nitrogens is 2. The molecule has 0 unspecified atom stereocenters. The second kappa shape index (κ2) is 7.89. The van der Waals surface area contributed by atoms with Crippen molar-refractivity contribution in [1.82, 2.24) is 25.3 Å². The van der Waals surface area contributed by atoms with Gasteiger partial charge in [0.1, 0.15) is 11.6 Å². The molecule has 0 aliphatic carbocycles. The van der Waals surface area contributed by atoms with Gasteiger partial charge in [-0.05, 0) is 48.6 Å². The number of nitrogens with one attached hydrogen (secondary N) is 3. The molecule has 6 heteroatoms. The summed E-state index contributed by atoms with van der Waals surface area (Å²) in [6.07, 6.45) is 6.12. The van der Waals surface area contributed by atoms with Crippen LogP contribution in [0.25, 0.3) is 33.6 Å². The lowest BCUT2D eigenvalue weighted by Crippen LogP contribution is -2.14. The summed E-state index contributed by atoms with van der Waals surface area (Å²) in [4.78, 5) is 15.7. The van der Waals surface area contributed by atoms with Crippen molar-refractivity contribution in [3.63, 3.8) is 0 Å². The van der Waals surface area contributed by atoms with E-state index in [1.54, 1.807) is 0 Å². The van der Waals surface area contributed by atoms with Gasteiger partial charge in [-0.3, -0.25) is 0 Å². The number of nitrogens with zero attached hydrogens (tertiary/aromatic N) is 2. The summed E-state index contributed by atoms with van der Waals surface area (Å²) in [5.74, 6) is 1.84. The lowest BCUT2D eigenvalue weighted by atomic mass is 10.0. The van der Waals surface area contributed by atoms with Crippen molar-refractivity contribution < 1.29 is 0 Å². The molecule has 0 amide bonds. The zero-order chi connectivity index (χ0) is 20.5. The smallest absolute Gasteiger partial charge is 0.123 e. The van der Waals surface area contributed by atoms with E-state index >= 15 is 0 Å². The van der Waals surface area contributed by atoms with Crippen LogP contribution >= 0.6 is 0 Å². The molecule has 5 rings (SSSR count). The summed E-state index contributed by atoms with van der Waals surface area (Å²) in [6, 6.07) is 17.3. The average molecular weight is 399 g/mol. The SMILES string of the molecule is C[C@H](N)c1ncc(-c2ccc(-c3ccc(-c4cnc([C@@H]5CCCN5)[nH]4)cc3)cc2)[nH]1. The number of hydrogen-bond donors (Lipinski definition) is 4. The highest BCUT2D eigenvalue weighted by molar-refractivity contribution is 5.71. The first-order valence-electron chi connectivity index (χ1n) is 10.5. The number of nitrogens with two attached hydrogens (primary N) is 1. The molecule has 152 valence electrons. The summed E-state index contributed by atoms with van der Waals surface area (Å²) < 4.78 is 0. The van der Waals surface area contributed by atoms with Gasteiger partial charge in [0.25, 0.3) is 0 Å². The van der Waals surface area contributed by atoms with E-state index in [4.69, 9.17) is 5.73 Å². The number of aromatic amines is 2. The lowest BCUT2D eigenvalue weighted by molar-refractivity contribution is 0.613. The molecule has 1 aliphatic rings. The maximum absolute atomic E-state index is 5.89. The van der Waals surface area contributed by atoms with E-state index in [0.29, 0.717) is 6.04 Å². The van der Waals surface area contributed by atoms with Gasteiger partial charge < -0.3 is 21.0 Å². The molecule has 0 saturated carbocycles. The van der Waals surface area contributed by atoms with Gasteiger partial charge in [-0.25, -0.2) is 9.97 Å². The molecular weight excluding hydrogens is 372 g/mol. The van der Waals surface area contributed by atoms with E-state index in [1.807, 2.05) is 19.3 Å². The van der Waals surface area contributed by atoms with Crippen LogP contribution in [0.5, 0.6) is 0 Å². The molecule has 0 spiro atoms. The van der Waals surface area contributed by atoms with Gasteiger partial charge in [0, 0.05) is 0 Å². The molecule has 1 aliphatic heterocycles. The average Bonchev–Trinajstić information content (AvgIpc) is 3.55. The van der Waals surface area contributed by atoms with Crippen molar-refractivity contribution in [2.45, 2.75) is 31.8 Å². The Hall–Kier alpha value is -3.22. The first-order chi connectivity index (χ1) is 14.7. The Labute approximate surface area is 176 Å². The molecule has 0 bridgehead atoms. The standard InChI is InChI=1S/C24H26N6/c1-15(25)23-27-13-21(29-23)18-8-4-16(5-9-18)17-6-10-19(11-7-17)22-14-28-24(30-22)20-3-2-12-26-20/h4-11,13-15,20,26H,2-3,12,25H2,1H3,(H,27,29)(H,28,30)/t15-,20-/m0/s1. The van der Waals surface area contributed by atoms with Crippen molar-refractivity contribution in [3.8, 4) is 33.6 Å². The molecule has 0 radical (unpaired) electrons. The fourth-order valence-electron chi connectivity index (χ4n) is 3.98. The van der Waals surface area contributed by atoms with E-state index in [-0.39, 0.29) is 6.04 Å². The van der Waals surface area contributed by atoms with Crippen LogP contribution in [0.1, 0.15) is 43.5 Å². The van der Waals surface area contributed by atoms with Gasteiger partial charge in [0.15, 0.2) is 0 Å². The second-order valence-corrected chi connectivity index (χ2v) is 7.96. The highest BCUT2D eigenvalue weighted by atomic mass is 15.0. The summed E-state index contributed by atoms with van der Waals surface area (Å²) in [7, 11) is 0. The van der Waals surface area contributed by atoms with Crippen LogP contribution in [0, 0.1) is 0 Å². The molecule has 2 aromatic carbocycles. The topological polar surface area (TPSA) is 95.4 Å². The van der Waals surface area contributed by atoms with Crippen LogP contribution in [0.4, 0.5) is 0 Å². The Kier molecular flexibility index (Phi) is 4.94. The van der Waals surface area contributed by atoms with Crippen molar-refractivity contribution >= 4 is 0 Å². The van der Waals surface area contributed by atoms with Crippen LogP contribution in [0.15, 0.2) is 60.9 Å². The summed E-state index contributed by atoms with van der Waals surface area (Å²) in [5, 5.41) is 3.49. The predicted molar refractivity (Wildman–Crippen MR) is 120 cm³/mol. The molecule has 1 saturated heterocycles. The van der Waals surface area contributed by atoms with Gasteiger partial charge in [-0.2, -0.15) is 0 Å². The quantitative estimate of drug-likeness (QED) is 0.396. The largest absolute Gasteiger partial charge is 0.341 e. The minimum Gasteiger partial charge on any atom is -0.341 e. The van der Waals surface area contributed by atoms with Crippen LogP contribution in [-0.2, 0) is 0 Å². The number of hydrogen-bond acceptors (Lipinski definition) is 4. The zero-order valence-electron chi connectivity index (χ0n) is 17.0. The molecule has 4 aromatic rings. The number of rotatable bonds is 5. The molecular formula is C24H26N6. The first-order valence-corrected chi connectivity index (χ1v) is 10.5. The normalized spacial score (nSPS) is 17.3. The minimum absolute atomic E-state index is 0.100. The molecule has 30 heavy (non-hydrogen) atoms. The van der Waals surface area contributed by atoms with E-state index in [1.165, 1.54) is 17.5 Å². The summed E-state index contributed by atoms with van der Waals surface area (Å²) >= 11 is 0. The van der Waals surface area contributed by atoms with Crippen molar-refractivity contribution in [1.29, 1.82) is 0 Å². The van der Waals surface area contributed by atoms with Crippen molar-refractivity contribution in [2.24, 2.45) is 5.73 Å². The Morgan fingerprint density at radius 2 is 1.40 bits per heavy atom. The summed E-state index contributed by atoms with van der Waals surface area (Å²) in [6.45, 7) is 2.99. The van der Waals surface area contributed by atoms with Gasteiger partial charge in [0.2, 0.25) is 0 Å². The molecule has 1 fully saturated rings. The van der Waals surface area contributed by atoms with Gasteiger partial charge >= 0.3 is 0 Å². The predicted octanol–water partition coefficient (Wildman–Crippen LogP) is 4.58. The Morgan fingerprint density at radius 3 is 1.93 bits per heavy atom. The lowest BCUT2D eigenvalue weighted by Gasteiger charge is -2.06. The van der Waals surface area contributed by atoms with Gasteiger partial charge in [0.05, 0.1) is 35.9 Å². The van der Waals surface area contributed by atoms with Crippen LogP contribution < -0.4 is 11.1 Å². The third kappa shape index (κ3) is 3.67. The maximum atomic E-state index is 5.89. The number of aromatic nitrogens is 4. The van der Waals surface area contributed by atoms with Gasteiger partial charge in [-0.1, -0.05) is 48.5 Å².